The molecule has 2 aromatic heterocycles. The molecule has 0 saturated carbocycles. The van der Waals surface area contributed by atoms with Crippen LogP contribution in [0.5, 0.6) is 0 Å². The van der Waals surface area contributed by atoms with Crippen LogP contribution in [0.2, 0.25) is 0 Å². The van der Waals surface area contributed by atoms with E-state index in [0.29, 0.717) is 24.4 Å². The molecule has 0 spiro atoms. The van der Waals surface area contributed by atoms with E-state index in [1.807, 2.05) is 25.1 Å². The van der Waals surface area contributed by atoms with Gasteiger partial charge in [0.25, 0.3) is 0 Å². The van der Waals surface area contributed by atoms with Gasteiger partial charge in [0, 0.05) is 26.0 Å². The van der Waals surface area contributed by atoms with Crippen LogP contribution in [0.25, 0.3) is 0 Å². The fraction of sp³-hybridized carbons (Fsp3) is 0.364. The number of nitrogens with zero attached hydrogens (tertiary/aromatic N) is 4. The van der Waals surface area contributed by atoms with Crippen LogP contribution in [-0.4, -0.2) is 36.1 Å². The lowest BCUT2D eigenvalue weighted by Crippen LogP contribution is -2.16. The molecule has 0 aliphatic carbocycles. The summed E-state index contributed by atoms with van der Waals surface area (Å²) in [5, 5.41) is 6.14. The number of halogens is 1. The summed E-state index contributed by atoms with van der Waals surface area (Å²) in [6.45, 7) is 0.691. The Morgan fingerprint density at radius 1 is 1.21 bits per heavy atom. The average molecular weight is 343 g/mol. The Labute approximate surface area is 124 Å². The number of aromatic nitrogens is 3. The molecule has 19 heavy (non-hydrogen) atoms. The average Bonchev–Trinajstić information content (AvgIpc) is 2.81. The summed E-state index contributed by atoms with van der Waals surface area (Å²) < 4.78 is 1.12. The Morgan fingerprint density at radius 2 is 1.95 bits per heavy atom. The van der Waals surface area contributed by atoms with E-state index in [2.05, 4.69) is 47.6 Å². The highest BCUT2D eigenvalue weighted by molar-refractivity contribution is 9.11. The normalized spacial score (nSPS) is 10.3. The Balaban J connectivity index is 2.12. The first-order chi connectivity index (χ1) is 9.08. The molecule has 0 amide bonds. The third-order valence-corrected chi connectivity index (χ3v) is 3.92. The summed E-state index contributed by atoms with van der Waals surface area (Å²) in [4.78, 5) is 15.9. The topological polar surface area (TPSA) is 66.0 Å². The predicted molar refractivity (Wildman–Crippen MR) is 83.0 cm³/mol. The fourth-order valence-corrected chi connectivity index (χ4v) is 2.79. The van der Waals surface area contributed by atoms with Crippen molar-refractivity contribution in [2.75, 3.05) is 36.7 Å². The van der Waals surface area contributed by atoms with E-state index in [4.69, 9.17) is 0 Å². The van der Waals surface area contributed by atoms with Gasteiger partial charge in [-0.05, 0) is 28.1 Å². The van der Waals surface area contributed by atoms with Gasteiger partial charge < -0.3 is 15.5 Å². The minimum atomic E-state index is 0.550. The second-order valence-electron chi connectivity index (χ2n) is 3.99. The summed E-state index contributed by atoms with van der Waals surface area (Å²) in [5.41, 5.74) is 0. The van der Waals surface area contributed by atoms with Crippen LogP contribution in [0.4, 0.5) is 17.8 Å². The number of nitrogens with one attached hydrogen (secondary N) is 2. The first-order valence-corrected chi connectivity index (χ1v) is 7.28. The van der Waals surface area contributed by atoms with Gasteiger partial charge in [-0.2, -0.15) is 15.0 Å². The van der Waals surface area contributed by atoms with Crippen molar-refractivity contribution in [1.29, 1.82) is 0 Å². The SMILES string of the molecule is CNc1nc(NCc2ccc(Br)s2)nc(N(C)C)n1. The van der Waals surface area contributed by atoms with Gasteiger partial charge in [0.2, 0.25) is 17.8 Å². The van der Waals surface area contributed by atoms with Crippen LogP contribution in [-0.2, 0) is 6.54 Å². The summed E-state index contributed by atoms with van der Waals surface area (Å²) in [6, 6.07) is 4.09. The maximum Gasteiger partial charge on any atom is 0.231 e. The van der Waals surface area contributed by atoms with Crippen molar-refractivity contribution in [1.82, 2.24) is 15.0 Å². The van der Waals surface area contributed by atoms with E-state index in [-0.39, 0.29) is 0 Å². The van der Waals surface area contributed by atoms with E-state index >= 15 is 0 Å². The van der Waals surface area contributed by atoms with Gasteiger partial charge >= 0.3 is 0 Å². The second-order valence-corrected chi connectivity index (χ2v) is 6.53. The molecular formula is C11H15BrN6S. The molecule has 0 aromatic carbocycles. The van der Waals surface area contributed by atoms with Gasteiger partial charge in [0.15, 0.2) is 0 Å². The van der Waals surface area contributed by atoms with Crippen molar-refractivity contribution < 1.29 is 0 Å². The van der Waals surface area contributed by atoms with E-state index in [1.165, 1.54) is 4.88 Å². The van der Waals surface area contributed by atoms with Crippen LogP contribution < -0.4 is 15.5 Å². The molecular weight excluding hydrogens is 328 g/mol. The van der Waals surface area contributed by atoms with Crippen molar-refractivity contribution >= 4 is 45.1 Å². The Bertz CT molecular complexity index is 556. The highest BCUT2D eigenvalue weighted by atomic mass is 79.9. The van der Waals surface area contributed by atoms with Gasteiger partial charge in [-0.25, -0.2) is 0 Å². The van der Waals surface area contributed by atoms with Crippen LogP contribution in [0.3, 0.4) is 0 Å². The van der Waals surface area contributed by atoms with E-state index < -0.39 is 0 Å². The largest absolute Gasteiger partial charge is 0.357 e. The lowest BCUT2D eigenvalue weighted by atomic mass is 10.5. The minimum Gasteiger partial charge on any atom is -0.357 e. The summed E-state index contributed by atoms with van der Waals surface area (Å²) in [5.74, 6) is 1.73. The molecule has 2 N–H and O–H groups in total. The Hall–Kier alpha value is -1.41. The van der Waals surface area contributed by atoms with Crippen LogP contribution in [0.1, 0.15) is 4.88 Å². The van der Waals surface area contributed by atoms with Crippen molar-refractivity contribution in [3.63, 3.8) is 0 Å². The highest BCUT2D eigenvalue weighted by Gasteiger charge is 2.07. The van der Waals surface area contributed by atoms with Gasteiger partial charge in [0.05, 0.1) is 10.3 Å². The van der Waals surface area contributed by atoms with Gasteiger partial charge in [0.1, 0.15) is 0 Å². The van der Waals surface area contributed by atoms with Gasteiger partial charge in [-0.1, -0.05) is 0 Å². The van der Waals surface area contributed by atoms with E-state index in [1.54, 1.807) is 18.4 Å². The zero-order valence-corrected chi connectivity index (χ0v) is 13.3. The van der Waals surface area contributed by atoms with Crippen LogP contribution in [0.15, 0.2) is 15.9 Å². The zero-order chi connectivity index (χ0) is 13.8. The van der Waals surface area contributed by atoms with Crippen molar-refractivity contribution in [2.45, 2.75) is 6.54 Å². The molecule has 102 valence electrons. The molecule has 2 aromatic rings. The van der Waals surface area contributed by atoms with E-state index in [0.717, 1.165) is 3.79 Å². The molecule has 0 unspecified atom stereocenters. The molecule has 0 aliphatic heterocycles. The standard InChI is InChI=1S/C11H15BrN6S/c1-13-9-15-10(17-11(16-9)18(2)3)14-6-7-4-5-8(12)19-7/h4-5H,6H2,1-3H3,(H2,13,14,15,16,17). The molecule has 0 saturated heterocycles. The van der Waals surface area contributed by atoms with E-state index in [9.17, 15) is 0 Å². The highest BCUT2D eigenvalue weighted by Crippen LogP contribution is 2.22. The number of hydrogen-bond acceptors (Lipinski definition) is 7. The monoisotopic (exact) mass is 342 g/mol. The number of hydrogen-bond donors (Lipinski definition) is 2. The van der Waals surface area contributed by atoms with Gasteiger partial charge in [-0.15, -0.1) is 11.3 Å². The fourth-order valence-electron chi connectivity index (χ4n) is 1.37. The molecule has 2 rings (SSSR count). The Morgan fingerprint density at radius 3 is 2.53 bits per heavy atom. The smallest absolute Gasteiger partial charge is 0.231 e. The lowest BCUT2D eigenvalue weighted by Gasteiger charge is -2.12. The molecule has 0 bridgehead atoms. The molecule has 0 fully saturated rings. The molecule has 8 heteroatoms. The van der Waals surface area contributed by atoms with Crippen molar-refractivity contribution in [3.05, 3.63) is 20.8 Å². The third-order valence-electron chi connectivity index (χ3n) is 2.30. The summed E-state index contributed by atoms with van der Waals surface area (Å²) >= 11 is 5.13. The third kappa shape index (κ3) is 3.77. The predicted octanol–water partition coefficient (Wildman–Crippen LogP) is 2.42. The summed E-state index contributed by atoms with van der Waals surface area (Å²) in [6.07, 6.45) is 0. The quantitative estimate of drug-likeness (QED) is 0.869. The molecule has 0 aliphatic rings. The zero-order valence-electron chi connectivity index (χ0n) is 10.9. The van der Waals surface area contributed by atoms with Crippen molar-refractivity contribution in [3.8, 4) is 0 Å². The molecule has 0 atom stereocenters. The lowest BCUT2D eigenvalue weighted by molar-refractivity contribution is 0.947. The molecule has 2 heterocycles. The van der Waals surface area contributed by atoms with Crippen LogP contribution in [0, 0.1) is 0 Å². The molecule has 0 radical (unpaired) electrons. The Kier molecular flexibility index (Phi) is 4.54. The maximum atomic E-state index is 4.35. The number of rotatable bonds is 5. The van der Waals surface area contributed by atoms with Gasteiger partial charge in [-0.3, -0.25) is 0 Å². The van der Waals surface area contributed by atoms with Crippen molar-refractivity contribution in [2.24, 2.45) is 0 Å². The maximum absolute atomic E-state index is 4.35. The molecule has 6 nitrogen and oxygen atoms in total. The van der Waals surface area contributed by atoms with Crippen LogP contribution >= 0.6 is 27.3 Å². The summed E-state index contributed by atoms with van der Waals surface area (Å²) in [7, 11) is 5.58. The number of thiophene rings is 1. The number of anilines is 3. The first kappa shape index (κ1) is 14.0. The second kappa shape index (κ2) is 6.16. The first-order valence-electron chi connectivity index (χ1n) is 5.67. The minimum absolute atomic E-state index is 0.550.